The van der Waals surface area contributed by atoms with Crippen LogP contribution in [0.5, 0.6) is 0 Å². The summed E-state index contributed by atoms with van der Waals surface area (Å²) in [5, 5.41) is 0. The summed E-state index contributed by atoms with van der Waals surface area (Å²) in [6.07, 6.45) is 1.39. The third-order valence-corrected chi connectivity index (χ3v) is 3.09. The van der Waals surface area contributed by atoms with E-state index in [4.69, 9.17) is 0 Å². The third-order valence-electron chi connectivity index (χ3n) is 2.38. The Kier molecular flexibility index (Phi) is 4.86. The molecule has 1 amide bonds. The summed E-state index contributed by atoms with van der Waals surface area (Å²) in [5.74, 6) is -0.260. The number of hydrogen-bond donors (Lipinski definition) is 1. The van der Waals surface area contributed by atoms with Gasteiger partial charge >= 0.3 is 0 Å². The molecule has 1 rings (SSSR count). The zero-order chi connectivity index (χ0) is 13.8. The summed E-state index contributed by atoms with van der Waals surface area (Å²) in [6, 6.07) is 8.54. The first-order chi connectivity index (χ1) is 8.29. The van der Waals surface area contributed by atoms with Crippen LogP contribution >= 0.6 is 0 Å². The van der Waals surface area contributed by atoms with Gasteiger partial charge in [-0.3, -0.25) is 4.79 Å². The van der Waals surface area contributed by atoms with Crippen molar-refractivity contribution in [3.8, 4) is 0 Å². The molecule has 0 bridgehead atoms. The van der Waals surface area contributed by atoms with Crippen molar-refractivity contribution in [3.63, 3.8) is 0 Å². The monoisotopic (exact) mass is 270 g/mol. The number of carbonyl (C=O) groups is 1. The predicted octanol–water partition coefficient (Wildman–Crippen LogP) is 0.235. The Balaban J connectivity index is 2.88. The van der Waals surface area contributed by atoms with Gasteiger partial charge < -0.3 is 4.90 Å². The number of rotatable bonds is 5. The molecular formula is C12H18N2O3S. The molecular weight excluding hydrogens is 252 g/mol. The summed E-state index contributed by atoms with van der Waals surface area (Å²) in [4.78, 5) is 13.3. The van der Waals surface area contributed by atoms with E-state index in [-0.39, 0.29) is 5.91 Å². The molecule has 1 atom stereocenters. The SMILES string of the molecule is CN(C)C(=O)[C@@H](Cc1ccccc1)NS(C)(=O)=O. The van der Waals surface area contributed by atoms with Gasteiger partial charge in [-0.25, -0.2) is 13.1 Å². The van der Waals surface area contributed by atoms with Crippen LogP contribution in [0.1, 0.15) is 5.56 Å². The molecule has 0 saturated carbocycles. The first-order valence-corrected chi connectivity index (χ1v) is 7.41. The zero-order valence-corrected chi connectivity index (χ0v) is 11.6. The molecule has 0 saturated heterocycles. The highest BCUT2D eigenvalue weighted by Gasteiger charge is 2.23. The van der Waals surface area contributed by atoms with Crippen LogP contribution in [0.4, 0.5) is 0 Å². The number of amides is 1. The predicted molar refractivity (Wildman–Crippen MR) is 70.6 cm³/mol. The largest absolute Gasteiger partial charge is 0.347 e. The van der Waals surface area contributed by atoms with Gasteiger partial charge in [0.2, 0.25) is 15.9 Å². The van der Waals surface area contributed by atoms with E-state index in [2.05, 4.69) is 4.72 Å². The number of likely N-dealkylation sites (N-methyl/N-ethyl adjacent to an activating group) is 1. The molecule has 1 aromatic carbocycles. The Morgan fingerprint density at radius 3 is 2.28 bits per heavy atom. The van der Waals surface area contributed by atoms with Gasteiger partial charge in [-0.15, -0.1) is 0 Å². The number of carbonyl (C=O) groups excluding carboxylic acids is 1. The minimum Gasteiger partial charge on any atom is -0.347 e. The maximum absolute atomic E-state index is 11.9. The van der Waals surface area contributed by atoms with Crippen molar-refractivity contribution in [2.24, 2.45) is 0 Å². The summed E-state index contributed by atoms with van der Waals surface area (Å²) in [6.45, 7) is 0. The van der Waals surface area contributed by atoms with Crippen LogP contribution in [0, 0.1) is 0 Å². The van der Waals surface area contributed by atoms with Crippen molar-refractivity contribution >= 4 is 15.9 Å². The van der Waals surface area contributed by atoms with Gasteiger partial charge in [0.05, 0.1) is 6.26 Å². The second-order valence-electron chi connectivity index (χ2n) is 4.36. The van der Waals surface area contributed by atoms with E-state index in [0.717, 1.165) is 11.8 Å². The highest BCUT2D eigenvalue weighted by molar-refractivity contribution is 7.88. The lowest BCUT2D eigenvalue weighted by Gasteiger charge is -2.20. The fourth-order valence-corrected chi connectivity index (χ4v) is 2.30. The molecule has 18 heavy (non-hydrogen) atoms. The molecule has 1 aromatic rings. The maximum Gasteiger partial charge on any atom is 0.240 e. The van der Waals surface area contributed by atoms with E-state index in [9.17, 15) is 13.2 Å². The lowest BCUT2D eigenvalue weighted by Crippen LogP contribution is -2.47. The van der Waals surface area contributed by atoms with Crippen molar-refractivity contribution < 1.29 is 13.2 Å². The fourth-order valence-electron chi connectivity index (χ4n) is 1.60. The normalized spacial score (nSPS) is 13.1. The standard InChI is InChI=1S/C12H18N2O3S/c1-14(2)12(15)11(13-18(3,16)17)9-10-7-5-4-6-8-10/h4-8,11,13H,9H2,1-3H3/t11-/m1/s1. The van der Waals surface area contributed by atoms with Gasteiger partial charge in [0.25, 0.3) is 0 Å². The van der Waals surface area contributed by atoms with Crippen molar-refractivity contribution in [1.82, 2.24) is 9.62 Å². The van der Waals surface area contributed by atoms with Crippen LogP contribution in [0.15, 0.2) is 30.3 Å². The summed E-state index contributed by atoms with van der Waals surface area (Å²) in [5.41, 5.74) is 0.911. The smallest absolute Gasteiger partial charge is 0.240 e. The first-order valence-electron chi connectivity index (χ1n) is 5.52. The lowest BCUT2D eigenvalue weighted by molar-refractivity contribution is -0.130. The average molecular weight is 270 g/mol. The summed E-state index contributed by atoms with van der Waals surface area (Å²) >= 11 is 0. The Bertz CT molecular complexity index is 497. The molecule has 0 aliphatic carbocycles. The lowest BCUT2D eigenvalue weighted by atomic mass is 10.1. The first kappa shape index (κ1) is 14.7. The molecule has 0 aliphatic rings. The second kappa shape index (κ2) is 5.97. The fraction of sp³-hybridized carbons (Fsp3) is 0.417. The van der Waals surface area contributed by atoms with E-state index >= 15 is 0 Å². The van der Waals surface area contributed by atoms with Crippen LogP contribution < -0.4 is 4.72 Å². The van der Waals surface area contributed by atoms with Gasteiger partial charge in [0.1, 0.15) is 6.04 Å². The van der Waals surface area contributed by atoms with E-state index in [1.165, 1.54) is 4.90 Å². The Labute approximate surface area is 108 Å². The average Bonchev–Trinajstić information content (AvgIpc) is 2.26. The highest BCUT2D eigenvalue weighted by atomic mass is 32.2. The van der Waals surface area contributed by atoms with Gasteiger partial charge in [-0.2, -0.15) is 0 Å². The molecule has 100 valence electrons. The Hall–Kier alpha value is -1.40. The van der Waals surface area contributed by atoms with Gasteiger partial charge in [-0.05, 0) is 12.0 Å². The Morgan fingerprint density at radius 1 is 1.28 bits per heavy atom. The van der Waals surface area contributed by atoms with Crippen molar-refractivity contribution in [2.75, 3.05) is 20.4 Å². The van der Waals surface area contributed by atoms with Gasteiger partial charge in [0.15, 0.2) is 0 Å². The molecule has 0 aliphatic heterocycles. The van der Waals surface area contributed by atoms with E-state index in [0.29, 0.717) is 6.42 Å². The van der Waals surface area contributed by atoms with Crippen LogP contribution in [-0.2, 0) is 21.2 Å². The molecule has 5 nitrogen and oxygen atoms in total. The molecule has 0 aromatic heterocycles. The quantitative estimate of drug-likeness (QED) is 0.833. The highest BCUT2D eigenvalue weighted by Crippen LogP contribution is 2.05. The van der Waals surface area contributed by atoms with Crippen molar-refractivity contribution in [2.45, 2.75) is 12.5 Å². The summed E-state index contributed by atoms with van der Waals surface area (Å²) in [7, 11) is -0.217. The van der Waals surface area contributed by atoms with Crippen LogP contribution in [0.3, 0.4) is 0 Å². The zero-order valence-electron chi connectivity index (χ0n) is 10.8. The van der Waals surface area contributed by atoms with Crippen LogP contribution in [0.2, 0.25) is 0 Å². The second-order valence-corrected chi connectivity index (χ2v) is 6.15. The molecule has 0 unspecified atom stereocenters. The van der Waals surface area contributed by atoms with Crippen molar-refractivity contribution in [1.29, 1.82) is 0 Å². The number of benzene rings is 1. The number of hydrogen-bond acceptors (Lipinski definition) is 3. The topological polar surface area (TPSA) is 66.5 Å². The van der Waals surface area contributed by atoms with Crippen molar-refractivity contribution in [3.05, 3.63) is 35.9 Å². The van der Waals surface area contributed by atoms with E-state index in [1.54, 1.807) is 14.1 Å². The molecule has 1 N–H and O–H groups in total. The maximum atomic E-state index is 11.9. The number of sulfonamides is 1. The van der Waals surface area contributed by atoms with Crippen LogP contribution in [-0.4, -0.2) is 45.6 Å². The third kappa shape index (κ3) is 4.85. The number of nitrogens with zero attached hydrogens (tertiary/aromatic N) is 1. The molecule has 0 spiro atoms. The molecule has 0 radical (unpaired) electrons. The molecule has 0 fully saturated rings. The van der Waals surface area contributed by atoms with Gasteiger partial charge in [0, 0.05) is 14.1 Å². The van der Waals surface area contributed by atoms with E-state index < -0.39 is 16.1 Å². The Morgan fingerprint density at radius 2 is 1.83 bits per heavy atom. The summed E-state index contributed by atoms with van der Waals surface area (Å²) < 4.78 is 24.9. The minimum absolute atomic E-state index is 0.260. The minimum atomic E-state index is -3.42. The van der Waals surface area contributed by atoms with E-state index in [1.807, 2.05) is 30.3 Å². The number of nitrogens with one attached hydrogen (secondary N) is 1. The van der Waals surface area contributed by atoms with Gasteiger partial charge in [-0.1, -0.05) is 30.3 Å². The molecule has 0 heterocycles. The molecule has 6 heteroatoms. The van der Waals surface area contributed by atoms with Crippen LogP contribution in [0.25, 0.3) is 0 Å².